The number of aromatic nitrogens is 3. The van der Waals surface area contributed by atoms with Crippen molar-refractivity contribution in [3.8, 4) is 0 Å². The average Bonchev–Trinajstić information content (AvgIpc) is 2.63. The Morgan fingerprint density at radius 2 is 2.00 bits per heavy atom. The van der Waals surface area contributed by atoms with E-state index < -0.39 is 0 Å². The number of anilines is 2. The molecule has 7 heteroatoms. The van der Waals surface area contributed by atoms with E-state index >= 15 is 0 Å². The summed E-state index contributed by atoms with van der Waals surface area (Å²) in [6.45, 7) is 3.59. The molecule has 4 heterocycles. The van der Waals surface area contributed by atoms with E-state index in [4.69, 9.17) is 4.74 Å². The van der Waals surface area contributed by atoms with Crippen LogP contribution in [0.5, 0.6) is 0 Å². The van der Waals surface area contributed by atoms with Crippen molar-refractivity contribution < 1.29 is 9.13 Å². The quantitative estimate of drug-likeness (QED) is 0.839. The molecule has 1 spiro atoms. The molecule has 2 aliphatic heterocycles. The lowest BCUT2D eigenvalue weighted by molar-refractivity contribution is -0.0632. The molecule has 6 nitrogen and oxygen atoms in total. The molecule has 2 aromatic heterocycles. The molecule has 0 aliphatic carbocycles. The van der Waals surface area contributed by atoms with Gasteiger partial charge in [0.25, 0.3) is 0 Å². The van der Waals surface area contributed by atoms with Gasteiger partial charge in [-0.2, -0.15) is 0 Å². The number of pyridine rings is 1. The Balaban J connectivity index is 1.55. The van der Waals surface area contributed by atoms with Gasteiger partial charge in [-0.25, -0.2) is 14.4 Å². The molecule has 0 N–H and O–H groups in total. The van der Waals surface area contributed by atoms with Crippen molar-refractivity contribution in [1.82, 2.24) is 15.0 Å². The highest BCUT2D eigenvalue weighted by molar-refractivity contribution is 5.42. The highest BCUT2D eigenvalue weighted by Gasteiger charge is 2.41. The zero-order valence-corrected chi connectivity index (χ0v) is 13.4. The van der Waals surface area contributed by atoms with Crippen molar-refractivity contribution in [2.75, 3.05) is 42.6 Å². The minimum Gasteiger partial charge on any atom is -0.369 e. The van der Waals surface area contributed by atoms with Gasteiger partial charge >= 0.3 is 0 Å². The fourth-order valence-electron chi connectivity index (χ4n) is 3.63. The Morgan fingerprint density at radius 3 is 2.83 bits per heavy atom. The Labute approximate surface area is 140 Å². The minimum absolute atomic E-state index is 0.281. The zero-order valence-electron chi connectivity index (χ0n) is 13.4. The van der Waals surface area contributed by atoms with Crippen LogP contribution in [0.3, 0.4) is 0 Å². The van der Waals surface area contributed by atoms with Crippen LogP contribution in [-0.2, 0) is 4.74 Å². The number of rotatable bonds is 2. The smallest absolute Gasteiger partial charge is 0.165 e. The molecular weight excluding hydrogens is 309 g/mol. The van der Waals surface area contributed by atoms with Crippen molar-refractivity contribution in [2.45, 2.75) is 18.4 Å². The van der Waals surface area contributed by atoms with Crippen LogP contribution in [0.15, 0.2) is 36.9 Å². The maximum Gasteiger partial charge on any atom is 0.165 e. The van der Waals surface area contributed by atoms with E-state index in [2.05, 4.69) is 19.9 Å². The van der Waals surface area contributed by atoms with Crippen LogP contribution in [0.25, 0.3) is 0 Å². The summed E-state index contributed by atoms with van der Waals surface area (Å²) in [5, 5.41) is 0. The van der Waals surface area contributed by atoms with E-state index in [-0.39, 0.29) is 11.4 Å². The van der Waals surface area contributed by atoms with Crippen molar-refractivity contribution in [3.05, 3.63) is 42.7 Å². The number of piperidine rings is 1. The summed E-state index contributed by atoms with van der Waals surface area (Å²) in [7, 11) is 0. The second kappa shape index (κ2) is 6.32. The second-order valence-electron chi connectivity index (χ2n) is 6.35. The number of hydrogen-bond acceptors (Lipinski definition) is 6. The average molecular weight is 329 g/mol. The number of halogens is 1. The Bertz CT molecular complexity index is 696. The van der Waals surface area contributed by atoms with Crippen molar-refractivity contribution >= 4 is 11.6 Å². The Kier molecular flexibility index (Phi) is 4.02. The Morgan fingerprint density at radius 1 is 1.08 bits per heavy atom. The topological polar surface area (TPSA) is 54.4 Å². The molecule has 126 valence electrons. The van der Waals surface area contributed by atoms with Gasteiger partial charge in [0.15, 0.2) is 11.6 Å². The summed E-state index contributed by atoms with van der Waals surface area (Å²) >= 11 is 0. The lowest BCUT2D eigenvalue weighted by Gasteiger charge is -2.48. The van der Waals surface area contributed by atoms with Crippen LogP contribution < -0.4 is 9.80 Å². The highest BCUT2D eigenvalue weighted by atomic mass is 19.1. The van der Waals surface area contributed by atoms with Crippen LogP contribution in [0.4, 0.5) is 16.0 Å². The van der Waals surface area contributed by atoms with E-state index in [1.807, 2.05) is 4.90 Å². The molecule has 2 aliphatic rings. The molecule has 0 bridgehead atoms. The summed E-state index contributed by atoms with van der Waals surface area (Å²) in [5.74, 6) is 0.995. The predicted octanol–water partition coefficient (Wildman–Crippen LogP) is 1.89. The third kappa shape index (κ3) is 2.91. The van der Waals surface area contributed by atoms with E-state index in [1.165, 1.54) is 6.07 Å². The largest absolute Gasteiger partial charge is 0.369 e. The molecule has 0 amide bonds. The first kappa shape index (κ1) is 15.3. The SMILES string of the molecule is Fc1cccnc1N1CCC[C@@]2(CN(c3cnccn3)CCO2)C1. The number of morpholine rings is 1. The third-order valence-electron chi connectivity index (χ3n) is 4.70. The molecule has 2 fully saturated rings. The van der Waals surface area contributed by atoms with Crippen molar-refractivity contribution in [1.29, 1.82) is 0 Å². The maximum absolute atomic E-state index is 14.1. The third-order valence-corrected chi connectivity index (χ3v) is 4.70. The molecule has 0 saturated carbocycles. The van der Waals surface area contributed by atoms with Crippen LogP contribution >= 0.6 is 0 Å². The summed E-state index contributed by atoms with van der Waals surface area (Å²) in [6.07, 6.45) is 8.68. The normalized spacial score (nSPS) is 24.4. The summed E-state index contributed by atoms with van der Waals surface area (Å²) in [5.41, 5.74) is -0.321. The van der Waals surface area contributed by atoms with E-state index in [0.29, 0.717) is 19.0 Å². The molecule has 0 unspecified atom stereocenters. The summed E-state index contributed by atoms with van der Waals surface area (Å²) in [4.78, 5) is 17.0. The first-order valence-electron chi connectivity index (χ1n) is 8.26. The first-order chi connectivity index (χ1) is 11.8. The molecule has 0 radical (unpaired) electrons. The van der Waals surface area contributed by atoms with Gasteiger partial charge in [-0.1, -0.05) is 0 Å². The fourth-order valence-corrected chi connectivity index (χ4v) is 3.63. The number of ether oxygens (including phenoxy) is 1. The first-order valence-corrected chi connectivity index (χ1v) is 8.26. The lowest BCUT2D eigenvalue weighted by Crippen LogP contribution is -2.60. The molecule has 4 rings (SSSR count). The lowest BCUT2D eigenvalue weighted by atomic mass is 9.90. The van der Waals surface area contributed by atoms with Crippen LogP contribution in [0.1, 0.15) is 12.8 Å². The van der Waals surface area contributed by atoms with Gasteiger partial charge in [0.05, 0.1) is 25.9 Å². The standard InChI is InChI=1S/C17H20FN5O/c18-14-3-1-5-21-16(14)23-8-2-4-17(13-23)12-22(9-10-24-17)15-11-19-6-7-20-15/h1,3,5-7,11H,2,4,8-10,12-13H2/t17-/m1/s1. The predicted molar refractivity (Wildman–Crippen MR) is 88.6 cm³/mol. The zero-order chi connectivity index (χ0) is 16.4. The molecule has 1 atom stereocenters. The summed E-state index contributed by atoms with van der Waals surface area (Å²) < 4.78 is 20.3. The fraction of sp³-hybridized carbons (Fsp3) is 0.471. The second-order valence-corrected chi connectivity index (χ2v) is 6.35. The monoisotopic (exact) mass is 329 g/mol. The van der Waals surface area contributed by atoms with E-state index in [9.17, 15) is 4.39 Å². The van der Waals surface area contributed by atoms with Gasteiger partial charge in [0.2, 0.25) is 0 Å². The Hall–Kier alpha value is -2.28. The van der Waals surface area contributed by atoms with Crippen molar-refractivity contribution in [2.24, 2.45) is 0 Å². The number of hydrogen-bond donors (Lipinski definition) is 0. The van der Waals surface area contributed by atoms with E-state index in [1.54, 1.807) is 30.9 Å². The van der Waals surface area contributed by atoms with Gasteiger partial charge in [0.1, 0.15) is 11.4 Å². The van der Waals surface area contributed by atoms with E-state index in [0.717, 1.165) is 38.3 Å². The van der Waals surface area contributed by atoms with Crippen LogP contribution in [0.2, 0.25) is 0 Å². The van der Waals surface area contributed by atoms with Gasteiger partial charge in [-0.15, -0.1) is 0 Å². The van der Waals surface area contributed by atoms with Gasteiger partial charge in [0, 0.05) is 31.7 Å². The van der Waals surface area contributed by atoms with Crippen molar-refractivity contribution in [3.63, 3.8) is 0 Å². The summed E-state index contributed by atoms with van der Waals surface area (Å²) in [6, 6.07) is 3.07. The van der Waals surface area contributed by atoms with Gasteiger partial charge < -0.3 is 14.5 Å². The maximum atomic E-state index is 14.1. The molecule has 0 aromatic carbocycles. The molecule has 2 saturated heterocycles. The highest BCUT2D eigenvalue weighted by Crippen LogP contribution is 2.32. The number of nitrogens with zero attached hydrogens (tertiary/aromatic N) is 5. The molecular formula is C17H20FN5O. The van der Waals surface area contributed by atoms with Gasteiger partial charge in [-0.3, -0.25) is 4.98 Å². The minimum atomic E-state index is -0.321. The van der Waals surface area contributed by atoms with Crippen LogP contribution in [0, 0.1) is 5.82 Å². The molecule has 24 heavy (non-hydrogen) atoms. The van der Waals surface area contributed by atoms with Gasteiger partial charge in [-0.05, 0) is 25.0 Å². The molecule has 2 aromatic rings. The van der Waals surface area contributed by atoms with Crippen LogP contribution in [-0.4, -0.2) is 53.3 Å².